The number of nitrogens with one attached hydrogen (secondary N) is 1. The van der Waals surface area contributed by atoms with Crippen molar-refractivity contribution in [1.82, 2.24) is 14.8 Å². The minimum Gasteiger partial charge on any atom is -0.365 e. The highest BCUT2D eigenvalue weighted by Crippen LogP contribution is 2.20. The number of primary amides is 1. The van der Waals surface area contributed by atoms with Gasteiger partial charge in [-0.15, -0.1) is 0 Å². The minimum atomic E-state index is -0.534. The van der Waals surface area contributed by atoms with Gasteiger partial charge in [0.05, 0.1) is 5.56 Å². The van der Waals surface area contributed by atoms with E-state index in [1.54, 1.807) is 35.3 Å². The molecule has 0 radical (unpaired) electrons. The van der Waals surface area contributed by atoms with Crippen LogP contribution in [0, 0.1) is 0 Å². The van der Waals surface area contributed by atoms with Gasteiger partial charge in [-0.1, -0.05) is 18.2 Å². The molecule has 2 aromatic heterocycles. The molecule has 6 nitrogen and oxygen atoms in total. The Labute approximate surface area is 121 Å². The molecular weight excluding hydrogens is 266 g/mol. The number of amides is 1. The first-order chi connectivity index (χ1) is 10.2. The molecule has 3 rings (SSSR count). The van der Waals surface area contributed by atoms with Crippen LogP contribution in [0.25, 0.3) is 5.82 Å². The quantitative estimate of drug-likeness (QED) is 0.766. The number of nitrogens with two attached hydrogens (primary N) is 1. The lowest BCUT2D eigenvalue weighted by Crippen LogP contribution is -2.15. The molecule has 2 heterocycles. The van der Waals surface area contributed by atoms with E-state index in [-0.39, 0.29) is 0 Å². The second kappa shape index (κ2) is 5.46. The molecule has 1 aromatic carbocycles. The molecule has 0 unspecified atom stereocenters. The van der Waals surface area contributed by atoms with E-state index >= 15 is 0 Å². The summed E-state index contributed by atoms with van der Waals surface area (Å²) in [6.45, 7) is 0. The lowest BCUT2D eigenvalue weighted by Gasteiger charge is -2.11. The molecule has 3 aromatic rings. The Morgan fingerprint density at radius 1 is 1.10 bits per heavy atom. The predicted molar refractivity (Wildman–Crippen MR) is 79.6 cm³/mol. The summed E-state index contributed by atoms with van der Waals surface area (Å²) < 4.78 is 1.61. The topological polar surface area (TPSA) is 85.8 Å². The van der Waals surface area contributed by atoms with Crippen LogP contribution in [0.5, 0.6) is 0 Å². The first-order valence-corrected chi connectivity index (χ1v) is 6.37. The number of rotatable bonds is 4. The van der Waals surface area contributed by atoms with Crippen LogP contribution in [-0.4, -0.2) is 20.7 Å². The van der Waals surface area contributed by atoms with E-state index in [4.69, 9.17) is 5.73 Å². The van der Waals surface area contributed by atoms with Gasteiger partial charge in [-0.25, -0.2) is 9.67 Å². The average Bonchev–Trinajstić information content (AvgIpc) is 3.02. The fraction of sp³-hybridized carbons (Fsp3) is 0. The van der Waals surface area contributed by atoms with Crippen LogP contribution in [0.2, 0.25) is 0 Å². The zero-order valence-electron chi connectivity index (χ0n) is 11.1. The summed E-state index contributed by atoms with van der Waals surface area (Å²) in [7, 11) is 0. The number of benzene rings is 1. The first-order valence-electron chi connectivity index (χ1n) is 6.37. The van der Waals surface area contributed by atoms with Gasteiger partial charge in [-0.3, -0.25) is 4.79 Å². The molecule has 0 atom stereocenters. The van der Waals surface area contributed by atoms with Gasteiger partial charge in [0.25, 0.3) is 5.91 Å². The Hall–Kier alpha value is -3.15. The van der Waals surface area contributed by atoms with Crippen LogP contribution in [0.15, 0.2) is 60.9 Å². The third kappa shape index (κ3) is 2.74. The summed E-state index contributed by atoms with van der Waals surface area (Å²) >= 11 is 0. The maximum atomic E-state index is 11.5. The highest BCUT2D eigenvalue weighted by Gasteiger charge is 2.12. The van der Waals surface area contributed by atoms with E-state index in [9.17, 15) is 4.79 Å². The smallest absolute Gasteiger partial charge is 0.252 e. The lowest BCUT2D eigenvalue weighted by molar-refractivity contribution is 0.100. The minimum absolute atomic E-state index is 0.328. The molecule has 0 saturated heterocycles. The molecule has 0 bridgehead atoms. The van der Waals surface area contributed by atoms with Crippen LogP contribution in [0.1, 0.15) is 10.4 Å². The van der Waals surface area contributed by atoms with Crippen molar-refractivity contribution in [3.05, 3.63) is 66.5 Å². The molecular formula is C15H13N5O. The molecule has 0 fully saturated rings. The standard InChI is InChI=1S/C15H13N5O/c16-14(21)12-7-8-13(20-10-4-9-17-20)19-15(12)18-11-5-2-1-3-6-11/h1-10H,(H2,16,21)(H,18,19). The number of pyridine rings is 1. The molecule has 0 spiro atoms. The number of para-hydroxylation sites is 1. The largest absolute Gasteiger partial charge is 0.365 e. The van der Waals surface area contributed by atoms with Crippen molar-refractivity contribution in [3.63, 3.8) is 0 Å². The van der Waals surface area contributed by atoms with E-state index in [0.717, 1.165) is 5.69 Å². The summed E-state index contributed by atoms with van der Waals surface area (Å²) in [5.74, 6) is 0.470. The molecule has 21 heavy (non-hydrogen) atoms. The van der Waals surface area contributed by atoms with Gasteiger partial charge >= 0.3 is 0 Å². The Morgan fingerprint density at radius 2 is 1.90 bits per heavy atom. The highest BCUT2D eigenvalue weighted by atomic mass is 16.1. The average molecular weight is 279 g/mol. The highest BCUT2D eigenvalue weighted by molar-refractivity contribution is 5.98. The van der Waals surface area contributed by atoms with E-state index in [2.05, 4.69) is 15.4 Å². The zero-order valence-corrected chi connectivity index (χ0v) is 11.1. The van der Waals surface area contributed by atoms with Crippen LogP contribution in [0.3, 0.4) is 0 Å². The van der Waals surface area contributed by atoms with Crippen LogP contribution in [0.4, 0.5) is 11.5 Å². The lowest BCUT2D eigenvalue weighted by atomic mass is 10.2. The summed E-state index contributed by atoms with van der Waals surface area (Å²) in [5, 5.41) is 7.22. The molecule has 0 aliphatic heterocycles. The van der Waals surface area contributed by atoms with Gasteiger partial charge in [0.15, 0.2) is 5.82 Å². The number of nitrogens with zero attached hydrogens (tertiary/aromatic N) is 3. The molecule has 0 saturated carbocycles. The van der Waals surface area contributed by atoms with Crippen LogP contribution >= 0.6 is 0 Å². The molecule has 3 N–H and O–H groups in total. The van der Waals surface area contributed by atoms with Crippen molar-refractivity contribution in [2.45, 2.75) is 0 Å². The fourth-order valence-electron chi connectivity index (χ4n) is 1.93. The Bertz CT molecular complexity index is 753. The fourth-order valence-corrected chi connectivity index (χ4v) is 1.93. The zero-order chi connectivity index (χ0) is 14.7. The molecule has 0 aliphatic rings. The number of hydrogen-bond acceptors (Lipinski definition) is 4. The Kier molecular flexibility index (Phi) is 3.34. The maximum absolute atomic E-state index is 11.5. The van der Waals surface area contributed by atoms with E-state index in [1.165, 1.54) is 0 Å². The third-order valence-corrected chi connectivity index (χ3v) is 2.92. The van der Waals surface area contributed by atoms with E-state index < -0.39 is 5.91 Å². The summed E-state index contributed by atoms with van der Waals surface area (Å²) in [4.78, 5) is 15.9. The van der Waals surface area contributed by atoms with E-state index in [1.807, 2.05) is 30.3 Å². The normalized spacial score (nSPS) is 10.3. The molecule has 6 heteroatoms. The molecule has 0 aliphatic carbocycles. The monoisotopic (exact) mass is 279 g/mol. The third-order valence-electron chi connectivity index (χ3n) is 2.92. The Balaban J connectivity index is 2.03. The van der Waals surface area contributed by atoms with Gasteiger partial charge < -0.3 is 11.1 Å². The van der Waals surface area contributed by atoms with Gasteiger partial charge in [0.1, 0.15) is 5.82 Å². The second-order valence-corrected chi connectivity index (χ2v) is 4.37. The van der Waals surface area contributed by atoms with Crippen molar-refractivity contribution in [1.29, 1.82) is 0 Å². The number of hydrogen-bond donors (Lipinski definition) is 2. The van der Waals surface area contributed by atoms with E-state index in [0.29, 0.717) is 17.2 Å². The second-order valence-electron chi connectivity index (χ2n) is 4.37. The number of anilines is 2. The van der Waals surface area contributed by atoms with Gasteiger partial charge in [0, 0.05) is 18.1 Å². The summed E-state index contributed by atoms with van der Waals surface area (Å²) in [5.41, 5.74) is 6.55. The number of carbonyl (C=O) groups is 1. The van der Waals surface area contributed by atoms with Gasteiger partial charge in [-0.2, -0.15) is 5.10 Å². The number of aromatic nitrogens is 3. The molecule has 1 amide bonds. The van der Waals surface area contributed by atoms with Crippen molar-refractivity contribution >= 4 is 17.4 Å². The van der Waals surface area contributed by atoms with Gasteiger partial charge in [-0.05, 0) is 30.3 Å². The number of carbonyl (C=O) groups excluding carboxylic acids is 1. The van der Waals surface area contributed by atoms with Crippen molar-refractivity contribution < 1.29 is 4.79 Å². The summed E-state index contributed by atoms with van der Waals surface area (Å²) in [6.07, 6.45) is 3.44. The first kappa shape index (κ1) is 12.9. The Morgan fingerprint density at radius 3 is 2.57 bits per heavy atom. The van der Waals surface area contributed by atoms with Crippen LogP contribution < -0.4 is 11.1 Å². The van der Waals surface area contributed by atoms with Gasteiger partial charge in [0.2, 0.25) is 0 Å². The summed E-state index contributed by atoms with van der Waals surface area (Å²) in [6, 6.07) is 14.6. The van der Waals surface area contributed by atoms with Crippen molar-refractivity contribution in [3.8, 4) is 5.82 Å². The van der Waals surface area contributed by atoms with Crippen molar-refractivity contribution in [2.24, 2.45) is 5.73 Å². The predicted octanol–water partition coefficient (Wildman–Crippen LogP) is 2.11. The molecule has 104 valence electrons. The van der Waals surface area contributed by atoms with Crippen molar-refractivity contribution in [2.75, 3.05) is 5.32 Å². The maximum Gasteiger partial charge on any atom is 0.252 e. The SMILES string of the molecule is NC(=O)c1ccc(-n2cccn2)nc1Nc1ccccc1. The van der Waals surface area contributed by atoms with Crippen LogP contribution in [-0.2, 0) is 0 Å².